The Kier molecular flexibility index (Phi) is 6.37. The predicted octanol–water partition coefficient (Wildman–Crippen LogP) is 4.58. The van der Waals surface area contributed by atoms with Crippen LogP contribution in [-0.4, -0.2) is 19.0 Å². The smallest absolute Gasteiger partial charge is 0.308 e. The number of hydrogen-bond acceptors (Lipinski definition) is 3. The Morgan fingerprint density at radius 1 is 1.09 bits per heavy atom. The fourth-order valence-corrected chi connectivity index (χ4v) is 8.50. The third-order valence-corrected chi connectivity index (χ3v) is 10.6. The van der Waals surface area contributed by atoms with Crippen molar-refractivity contribution in [3.05, 3.63) is 24.0 Å². The number of pyridine rings is 1. The summed E-state index contributed by atoms with van der Waals surface area (Å²) in [7, 11) is -1.74. The molecule has 1 rings (SSSR count). The van der Waals surface area contributed by atoms with Gasteiger partial charge in [-0.15, -0.1) is 5.54 Å². The highest BCUT2D eigenvalue weighted by Gasteiger charge is 2.41. The molecule has 0 saturated carbocycles. The molecule has 1 aromatic heterocycles. The molecule has 4 heteroatoms. The number of nitrogens with zero attached hydrogens (tertiary/aromatic N) is 1. The van der Waals surface area contributed by atoms with E-state index in [0.29, 0.717) is 22.4 Å². The molecule has 1 heterocycles. The van der Waals surface area contributed by atoms with Crippen molar-refractivity contribution < 1.29 is 9.53 Å². The average Bonchev–Trinajstić information content (AvgIpc) is 2.39. The second kappa shape index (κ2) is 7.60. The highest BCUT2D eigenvalue weighted by molar-refractivity contribution is 6.90. The van der Waals surface area contributed by atoms with Crippen molar-refractivity contribution in [2.75, 3.05) is 0 Å². The number of rotatable bonds is 4. The maximum absolute atomic E-state index is 10.9. The second-order valence-electron chi connectivity index (χ2n) is 6.62. The van der Waals surface area contributed by atoms with Gasteiger partial charge in [0.05, 0.1) is 6.20 Å². The summed E-state index contributed by atoms with van der Waals surface area (Å²) < 4.78 is 4.99. The summed E-state index contributed by atoms with van der Waals surface area (Å²) in [6.45, 7) is 15.1. The molecule has 1 aromatic rings. The summed E-state index contributed by atoms with van der Waals surface area (Å²) in [5.41, 5.74) is 6.15. The van der Waals surface area contributed by atoms with Crippen molar-refractivity contribution in [3.63, 3.8) is 0 Å². The molecule has 0 unspecified atom stereocenters. The largest absolute Gasteiger partial charge is 0.425 e. The van der Waals surface area contributed by atoms with Gasteiger partial charge in [0, 0.05) is 6.92 Å². The zero-order chi connectivity index (χ0) is 16.9. The van der Waals surface area contributed by atoms with Gasteiger partial charge in [0.25, 0.3) is 0 Å². The van der Waals surface area contributed by atoms with Crippen LogP contribution >= 0.6 is 0 Å². The summed E-state index contributed by atoms with van der Waals surface area (Å²) in [5.74, 6) is 3.39. The second-order valence-corrected chi connectivity index (χ2v) is 12.2. The Labute approximate surface area is 135 Å². The van der Waals surface area contributed by atoms with Gasteiger partial charge in [-0.05, 0) is 28.8 Å². The van der Waals surface area contributed by atoms with Gasteiger partial charge < -0.3 is 4.74 Å². The third-order valence-electron chi connectivity index (χ3n) is 4.27. The van der Waals surface area contributed by atoms with E-state index in [2.05, 4.69) is 58.0 Å². The topological polar surface area (TPSA) is 39.2 Å². The molecule has 0 aliphatic rings. The minimum Gasteiger partial charge on any atom is -0.425 e. The lowest BCUT2D eigenvalue weighted by Crippen LogP contribution is -2.43. The Balaban J connectivity index is 3.10. The molecule has 0 atom stereocenters. The van der Waals surface area contributed by atoms with Gasteiger partial charge in [0.2, 0.25) is 0 Å². The molecular formula is C18H27NO2Si. The van der Waals surface area contributed by atoms with Crippen LogP contribution in [0.5, 0.6) is 5.75 Å². The van der Waals surface area contributed by atoms with E-state index in [9.17, 15) is 4.79 Å². The first-order valence-corrected chi connectivity index (χ1v) is 10.1. The first kappa shape index (κ1) is 18.4. The quantitative estimate of drug-likeness (QED) is 0.463. The first-order valence-electron chi connectivity index (χ1n) is 7.87. The Morgan fingerprint density at radius 3 is 2.00 bits per heavy atom. The van der Waals surface area contributed by atoms with Crippen molar-refractivity contribution in [1.29, 1.82) is 0 Å². The summed E-state index contributed by atoms with van der Waals surface area (Å²) in [4.78, 5) is 15.2. The van der Waals surface area contributed by atoms with E-state index in [0.717, 1.165) is 5.69 Å². The molecule has 0 amide bonds. The third kappa shape index (κ3) is 4.20. The van der Waals surface area contributed by atoms with Gasteiger partial charge in [-0.2, -0.15) is 0 Å². The molecule has 0 radical (unpaired) electrons. The van der Waals surface area contributed by atoms with Crippen LogP contribution in [-0.2, 0) is 4.79 Å². The molecule has 0 aliphatic carbocycles. The lowest BCUT2D eigenvalue weighted by molar-refractivity contribution is -0.131. The fourth-order valence-electron chi connectivity index (χ4n) is 3.29. The van der Waals surface area contributed by atoms with Crippen LogP contribution in [0.1, 0.15) is 54.2 Å². The minimum absolute atomic E-state index is 0.341. The van der Waals surface area contributed by atoms with E-state index in [-0.39, 0.29) is 5.97 Å². The number of carbonyl (C=O) groups is 1. The molecular weight excluding hydrogens is 290 g/mol. The van der Waals surface area contributed by atoms with E-state index >= 15 is 0 Å². The summed E-state index contributed by atoms with van der Waals surface area (Å²) in [5, 5.41) is 0. The highest BCUT2D eigenvalue weighted by Crippen LogP contribution is 2.40. The highest BCUT2D eigenvalue weighted by atomic mass is 28.3. The van der Waals surface area contributed by atoms with Crippen LogP contribution in [0.4, 0.5) is 0 Å². The standard InChI is InChI=1S/C18H27NO2Si/c1-13(2)22(14(3)4,15(5)6)11-10-17-8-9-18(12-19-17)21-16(7)20/h8-9,12-15H,1-7H3. The first-order chi connectivity index (χ1) is 10.2. The van der Waals surface area contributed by atoms with E-state index in [1.54, 1.807) is 12.3 Å². The molecule has 0 saturated heterocycles. The SMILES string of the molecule is CC(=O)Oc1ccc(C#C[Si](C(C)C)(C(C)C)C(C)C)nc1. The molecule has 0 N–H and O–H groups in total. The van der Waals surface area contributed by atoms with E-state index in [1.807, 2.05) is 6.07 Å². The van der Waals surface area contributed by atoms with E-state index in [4.69, 9.17) is 4.74 Å². The minimum atomic E-state index is -1.74. The molecule has 0 bridgehead atoms. The Bertz CT molecular complexity index is 543. The van der Waals surface area contributed by atoms with Crippen molar-refractivity contribution >= 4 is 14.0 Å². The van der Waals surface area contributed by atoms with E-state index in [1.165, 1.54) is 6.92 Å². The average molecular weight is 318 g/mol. The Morgan fingerprint density at radius 2 is 1.64 bits per heavy atom. The number of carbonyl (C=O) groups excluding carboxylic acids is 1. The van der Waals surface area contributed by atoms with Crippen LogP contribution in [0.25, 0.3) is 0 Å². The lowest BCUT2D eigenvalue weighted by atomic mass is 10.3. The summed E-state index contributed by atoms with van der Waals surface area (Å²) in [6, 6.07) is 3.55. The maximum atomic E-state index is 10.9. The zero-order valence-electron chi connectivity index (χ0n) is 14.7. The molecule has 0 aliphatic heterocycles. The van der Waals surface area contributed by atoms with Crippen molar-refractivity contribution in [2.45, 2.75) is 65.1 Å². The van der Waals surface area contributed by atoms with Gasteiger partial charge in [-0.3, -0.25) is 4.79 Å². The molecule has 3 nitrogen and oxygen atoms in total. The number of aromatic nitrogens is 1. The van der Waals surface area contributed by atoms with Crippen molar-refractivity contribution in [2.24, 2.45) is 0 Å². The summed E-state index contributed by atoms with van der Waals surface area (Å²) >= 11 is 0. The Hall–Kier alpha value is -1.60. The van der Waals surface area contributed by atoms with Gasteiger partial charge in [-0.1, -0.05) is 47.5 Å². The molecule has 120 valence electrons. The predicted molar refractivity (Wildman–Crippen MR) is 93.5 cm³/mol. The van der Waals surface area contributed by atoms with Gasteiger partial charge in [0.1, 0.15) is 19.5 Å². The van der Waals surface area contributed by atoms with E-state index < -0.39 is 8.07 Å². The zero-order valence-corrected chi connectivity index (χ0v) is 15.7. The van der Waals surface area contributed by atoms with Crippen molar-refractivity contribution in [1.82, 2.24) is 4.98 Å². The van der Waals surface area contributed by atoms with Gasteiger partial charge in [-0.25, -0.2) is 4.98 Å². The normalized spacial score (nSPS) is 11.5. The molecule has 0 fully saturated rings. The van der Waals surface area contributed by atoms with Gasteiger partial charge in [0.15, 0.2) is 0 Å². The van der Waals surface area contributed by atoms with Crippen molar-refractivity contribution in [3.8, 4) is 17.2 Å². The number of hydrogen-bond donors (Lipinski definition) is 0. The molecule has 0 aromatic carbocycles. The van der Waals surface area contributed by atoms with Crippen LogP contribution in [0.3, 0.4) is 0 Å². The summed E-state index contributed by atoms with van der Waals surface area (Å²) in [6.07, 6.45) is 1.55. The van der Waals surface area contributed by atoms with Crippen LogP contribution in [0.15, 0.2) is 18.3 Å². The van der Waals surface area contributed by atoms with Crippen LogP contribution in [0, 0.1) is 11.5 Å². The fraction of sp³-hybridized carbons (Fsp3) is 0.556. The number of esters is 1. The van der Waals surface area contributed by atoms with Crippen LogP contribution < -0.4 is 4.74 Å². The maximum Gasteiger partial charge on any atom is 0.308 e. The molecule has 0 spiro atoms. The molecule has 22 heavy (non-hydrogen) atoms. The monoisotopic (exact) mass is 317 g/mol. The lowest BCUT2D eigenvalue weighted by Gasteiger charge is -2.38. The van der Waals surface area contributed by atoms with Gasteiger partial charge >= 0.3 is 5.97 Å². The number of ether oxygens (including phenoxy) is 1. The van der Waals surface area contributed by atoms with Crippen LogP contribution in [0.2, 0.25) is 16.6 Å².